The van der Waals surface area contributed by atoms with Crippen molar-refractivity contribution in [2.75, 3.05) is 0 Å². The largest absolute Gasteiger partial charge is 0.513 e. The summed E-state index contributed by atoms with van der Waals surface area (Å²) in [6.45, 7) is 8.13. The summed E-state index contributed by atoms with van der Waals surface area (Å²) in [5.74, 6) is 1.04. The van der Waals surface area contributed by atoms with Gasteiger partial charge in [-0.15, -0.1) is 0 Å². The van der Waals surface area contributed by atoms with Gasteiger partial charge < -0.3 is 5.11 Å². The number of hydrogen-bond donors (Lipinski definition) is 1. The van der Waals surface area contributed by atoms with Gasteiger partial charge in [0.25, 0.3) is 0 Å². The van der Waals surface area contributed by atoms with E-state index in [-0.39, 0.29) is 0 Å². The number of aliphatic hydroxyl groups is 1. The summed E-state index contributed by atoms with van der Waals surface area (Å²) in [5, 5.41) is 9.17. The molecule has 0 saturated carbocycles. The van der Waals surface area contributed by atoms with Crippen LogP contribution >= 0.6 is 0 Å². The maximum atomic E-state index is 9.17. The van der Waals surface area contributed by atoms with Gasteiger partial charge in [0, 0.05) is 0 Å². The van der Waals surface area contributed by atoms with E-state index >= 15 is 0 Å². The Kier molecular flexibility index (Phi) is 5.01. The molecule has 1 unspecified atom stereocenters. The van der Waals surface area contributed by atoms with E-state index < -0.39 is 0 Å². The van der Waals surface area contributed by atoms with Crippen molar-refractivity contribution in [1.29, 1.82) is 0 Å². The number of aliphatic hydroxyl groups excluding tert-OH is 1. The second-order valence-corrected chi connectivity index (χ2v) is 3.31. The molecule has 66 valence electrons. The summed E-state index contributed by atoms with van der Waals surface area (Å²) >= 11 is 0. The summed E-state index contributed by atoms with van der Waals surface area (Å²) < 4.78 is 0. The van der Waals surface area contributed by atoms with Gasteiger partial charge in [0.15, 0.2) is 0 Å². The Morgan fingerprint density at radius 3 is 2.27 bits per heavy atom. The Balaban J connectivity index is 3.83. The molecule has 1 atom stereocenters. The summed E-state index contributed by atoms with van der Waals surface area (Å²) in [5.41, 5.74) is 1.14. The zero-order valence-electron chi connectivity index (χ0n) is 8.15. The molecule has 11 heavy (non-hydrogen) atoms. The maximum Gasteiger partial charge on any atom is 0.0883 e. The maximum absolute atomic E-state index is 9.17. The topological polar surface area (TPSA) is 20.2 Å². The van der Waals surface area contributed by atoms with Crippen molar-refractivity contribution in [3.8, 4) is 0 Å². The van der Waals surface area contributed by atoms with Crippen LogP contribution in [0.25, 0.3) is 0 Å². The summed E-state index contributed by atoms with van der Waals surface area (Å²) in [6, 6.07) is 0. The van der Waals surface area contributed by atoms with Gasteiger partial charge in [-0.1, -0.05) is 26.7 Å². The SMILES string of the molecule is CCCCC(C)/C(C)=C(\C)O. The fourth-order valence-electron chi connectivity index (χ4n) is 1.08. The van der Waals surface area contributed by atoms with Gasteiger partial charge in [-0.05, 0) is 31.8 Å². The van der Waals surface area contributed by atoms with Crippen LogP contribution in [0, 0.1) is 5.92 Å². The highest BCUT2D eigenvalue weighted by atomic mass is 16.3. The predicted octanol–water partition coefficient (Wildman–Crippen LogP) is 3.66. The van der Waals surface area contributed by atoms with Gasteiger partial charge in [0.1, 0.15) is 0 Å². The molecule has 0 aliphatic rings. The highest BCUT2D eigenvalue weighted by Gasteiger charge is 2.05. The van der Waals surface area contributed by atoms with Crippen molar-refractivity contribution in [3.05, 3.63) is 11.3 Å². The average Bonchev–Trinajstić information content (AvgIpc) is 1.98. The highest BCUT2D eigenvalue weighted by Crippen LogP contribution is 2.18. The van der Waals surface area contributed by atoms with Gasteiger partial charge in [-0.2, -0.15) is 0 Å². The monoisotopic (exact) mass is 156 g/mol. The van der Waals surface area contributed by atoms with Crippen LogP contribution in [-0.2, 0) is 0 Å². The molecule has 0 saturated heterocycles. The summed E-state index contributed by atoms with van der Waals surface area (Å²) in [4.78, 5) is 0. The molecule has 0 rings (SSSR count). The van der Waals surface area contributed by atoms with Crippen LogP contribution in [0.15, 0.2) is 11.3 Å². The van der Waals surface area contributed by atoms with Gasteiger partial charge in [-0.25, -0.2) is 0 Å². The zero-order chi connectivity index (χ0) is 8.85. The molecule has 0 bridgehead atoms. The Hall–Kier alpha value is -0.460. The van der Waals surface area contributed by atoms with E-state index in [4.69, 9.17) is 0 Å². The smallest absolute Gasteiger partial charge is 0.0883 e. The van der Waals surface area contributed by atoms with E-state index in [9.17, 15) is 5.11 Å². The van der Waals surface area contributed by atoms with Crippen LogP contribution in [0.3, 0.4) is 0 Å². The van der Waals surface area contributed by atoms with E-state index in [0.717, 1.165) is 5.57 Å². The minimum atomic E-state index is 0.494. The van der Waals surface area contributed by atoms with Crippen molar-refractivity contribution in [2.45, 2.75) is 47.0 Å². The van der Waals surface area contributed by atoms with Gasteiger partial charge >= 0.3 is 0 Å². The van der Waals surface area contributed by atoms with Crippen LogP contribution in [-0.4, -0.2) is 5.11 Å². The van der Waals surface area contributed by atoms with Crippen molar-refractivity contribution < 1.29 is 5.11 Å². The van der Waals surface area contributed by atoms with Crippen molar-refractivity contribution >= 4 is 0 Å². The lowest BCUT2D eigenvalue weighted by molar-refractivity contribution is 0.392. The minimum absolute atomic E-state index is 0.494. The Labute approximate surface area is 70.1 Å². The molecule has 1 nitrogen and oxygen atoms in total. The molecule has 0 aromatic rings. The highest BCUT2D eigenvalue weighted by molar-refractivity contribution is 5.05. The second-order valence-electron chi connectivity index (χ2n) is 3.31. The summed E-state index contributed by atoms with van der Waals surface area (Å²) in [7, 11) is 0. The number of hydrogen-bond acceptors (Lipinski definition) is 1. The molecule has 0 aromatic carbocycles. The first-order valence-corrected chi connectivity index (χ1v) is 4.45. The molecule has 0 aliphatic carbocycles. The lowest BCUT2D eigenvalue weighted by Gasteiger charge is -2.11. The Bertz CT molecular complexity index is 132. The summed E-state index contributed by atoms with van der Waals surface area (Å²) in [6.07, 6.45) is 3.69. The first kappa shape index (κ1) is 10.5. The van der Waals surface area contributed by atoms with Gasteiger partial charge in [-0.3, -0.25) is 0 Å². The standard InChI is InChI=1S/C10H20O/c1-5-6-7-8(2)9(3)10(4)11/h8,11H,5-7H2,1-4H3/b10-9+. The molecule has 0 aromatic heterocycles. The quantitative estimate of drug-likeness (QED) is 0.616. The molecular formula is C10H20O. The average molecular weight is 156 g/mol. The third kappa shape index (κ3) is 4.07. The molecule has 0 heterocycles. The van der Waals surface area contributed by atoms with Crippen LogP contribution in [0.2, 0.25) is 0 Å². The van der Waals surface area contributed by atoms with Crippen LogP contribution < -0.4 is 0 Å². The molecular weight excluding hydrogens is 136 g/mol. The van der Waals surface area contributed by atoms with E-state index in [1.807, 2.05) is 6.92 Å². The van der Waals surface area contributed by atoms with Crippen molar-refractivity contribution in [1.82, 2.24) is 0 Å². The Morgan fingerprint density at radius 1 is 1.36 bits per heavy atom. The first-order chi connectivity index (χ1) is 5.09. The van der Waals surface area contributed by atoms with Gasteiger partial charge in [0.2, 0.25) is 0 Å². The third-order valence-electron chi connectivity index (χ3n) is 2.30. The fourth-order valence-corrected chi connectivity index (χ4v) is 1.08. The van der Waals surface area contributed by atoms with E-state index in [0.29, 0.717) is 11.7 Å². The Morgan fingerprint density at radius 2 is 1.91 bits per heavy atom. The van der Waals surface area contributed by atoms with E-state index in [1.54, 1.807) is 6.92 Å². The molecule has 0 amide bonds. The number of rotatable bonds is 4. The normalized spacial score (nSPS) is 16.0. The third-order valence-corrected chi connectivity index (χ3v) is 2.30. The van der Waals surface area contributed by atoms with Gasteiger partial charge in [0.05, 0.1) is 5.76 Å². The number of allylic oxidation sites excluding steroid dienone is 2. The molecule has 0 radical (unpaired) electrons. The van der Waals surface area contributed by atoms with Crippen molar-refractivity contribution in [3.63, 3.8) is 0 Å². The van der Waals surface area contributed by atoms with Crippen LogP contribution in [0.4, 0.5) is 0 Å². The second kappa shape index (κ2) is 5.22. The van der Waals surface area contributed by atoms with E-state index in [1.165, 1.54) is 19.3 Å². The molecule has 0 fully saturated rings. The van der Waals surface area contributed by atoms with E-state index in [2.05, 4.69) is 13.8 Å². The molecule has 1 heteroatoms. The number of unbranched alkanes of at least 4 members (excludes halogenated alkanes) is 1. The van der Waals surface area contributed by atoms with Crippen molar-refractivity contribution in [2.24, 2.45) is 5.92 Å². The molecule has 1 N–H and O–H groups in total. The molecule has 0 spiro atoms. The minimum Gasteiger partial charge on any atom is -0.513 e. The molecule has 0 aliphatic heterocycles. The van der Waals surface area contributed by atoms with Crippen LogP contribution in [0.1, 0.15) is 47.0 Å². The fraction of sp³-hybridized carbons (Fsp3) is 0.800. The first-order valence-electron chi connectivity index (χ1n) is 4.45. The lowest BCUT2D eigenvalue weighted by Crippen LogP contribution is -1.98. The predicted molar refractivity (Wildman–Crippen MR) is 49.7 cm³/mol. The van der Waals surface area contributed by atoms with Crippen LogP contribution in [0.5, 0.6) is 0 Å². The lowest BCUT2D eigenvalue weighted by atomic mass is 9.96. The zero-order valence-corrected chi connectivity index (χ0v) is 8.15.